The summed E-state index contributed by atoms with van der Waals surface area (Å²) in [5.41, 5.74) is 2.87. The first-order chi connectivity index (χ1) is 9.24. The first kappa shape index (κ1) is 12.8. The molecule has 0 spiro atoms. The molecule has 19 heavy (non-hydrogen) atoms. The van der Waals surface area contributed by atoms with Crippen LogP contribution in [-0.4, -0.2) is 6.04 Å². The first-order valence-electron chi connectivity index (χ1n) is 6.51. The van der Waals surface area contributed by atoms with Crippen molar-refractivity contribution in [2.75, 3.05) is 0 Å². The number of hydrogen-bond donors (Lipinski definition) is 1. The molecule has 1 aliphatic carbocycles. The Kier molecular flexibility index (Phi) is 3.67. The molecule has 1 aliphatic rings. The number of hydrogen-bond acceptors (Lipinski definition) is 1. The highest BCUT2D eigenvalue weighted by atomic mass is 79.9. The zero-order valence-electron chi connectivity index (χ0n) is 10.5. The van der Waals surface area contributed by atoms with Crippen LogP contribution in [0.2, 0.25) is 0 Å². The highest BCUT2D eigenvalue weighted by Gasteiger charge is 2.20. The van der Waals surface area contributed by atoms with Gasteiger partial charge in [-0.2, -0.15) is 0 Å². The fourth-order valence-electron chi connectivity index (χ4n) is 2.11. The van der Waals surface area contributed by atoms with Gasteiger partial charge in [0.15, 0.2) is 0 Å². The molecule has 0 radical (unpaired) electrons. The fourth-order valence-corrected chi connectivity index (χ4v) is 2.63. The number of rotatable bonds is 4. The summed E-state index contributed by atoms with van der Waals surface area (Å²) in [5.74, 6) is -0.135. The summed E-state index contributed by atoms with van der Waals surface area (Å²) in [5, 5.41) is 3.36. The van der Waals surface area contributed by atoms with Gasteiger partial charge in [-0.15, -0.1) is 0 Å². The van der Waals surface area contributed by atoms with Gasteiger partial charge in [0.2, 0.25) is 0 Å². The van der Waals surface area contributed by atoms with E-state index in [1.807, 2.05) is 36.4 Å². The molecule has 3 rings (SSSR count). The average molecular weight is 320 g/mol. The monoisotopic (exact) mass is 319 g/mol. The molecule has 98 valence electrons. The Labute approximate surface area is 121 Å². The molecule has 0 unspecified atom stereocenters. The van der Waals surface area contributed by atoms with Crippen LogP contribution in [0, 0.1) is 5.82 Å². The van der Waals surface area contributed by atoms with Crippen molar-refractivity contribution in [2.24, 2.45) is 0 Å². The van der Waals surface area contributed by atoms with Gasteiger partial charge in [0.25, 0.3) is 0 Å². The maximum Gasteiger partial charge on any atom is 0.127 e. The van der Waals surface area contributed by atoms with Crippen molar-refractivity contribution in [1.29, 1.82) is 0 Å². The van der Waals surface area contributed by atoms with Crippen molar-refractivity contribution in [1.82, 2.24) is 5.32 Å². The molecule has 0 amide bonds. The van der Waals surface area contributed by atoms with Gasteiger partial charge in [0.05, 0.1) is 0 Å². The van der Waals surface area contributed by atoms with Crippen molar-refractivity contribution in [3.8, 4) is 11.1 Å². The van der Waals surface area contributed by atoms with Crippen LogP contribution < -0.4 is 5.32 Å². The minimum absolute atomic E-state index is 0.135. The van der Waals surface area contributed by atoms with E-state index in [0.29, 0.717) is 12.6 Å². The zero-order chi connectivity index (χ0) is 13.2. The van der Waals surface area contributed by atoms with E-state index in [2.05, 4.69) is 21.2 Å². The summed E-state index contributed by atoms with van der Waals surface area (Å²) in [6.45, 7) is 0.606. The maximum atomic E-state index is 13.8. The lowest BCUT2D eigenvalue weighted by Gasteiger charge is -2.09. The highest BCUT2D eigenvalue weighted by molar-refractivity contribution is 9.10. The van der Waals surface area contributed by atoms with Crippen LogP contribution >= 0.6 is 15.9 Å². The van der Waals surface area contributed by atoms with Crippen LogP contribution in [0.4, 0.5) is 4.39 Å². The first-order valence-corrected chi connectivity index (χ1v) is 7.30. The summed E-state index contributed by atoms with van der Waals surface area (Å²) in [7, 11) is 0. The van der Waals surface area contributed by atoms with Gasteiger partial charge in [0, 0.05) is 22.6 Å². The normalized spacial score (nSPS) is 14.6. The number of benzene rings is 2. The van der Waals surface area contributed by atoms with Crippen LogP contribution in [0.15, 0.2) is 46.9 Å². The van der Waals surface area contributed by atoms with E-state index in [1.165, 1.54) is 12.8 Å². The van der Waals surface area contributed by atoms with Crippen LogP contribution in [0.5, 0.6) is 0 Å². The summed E-state index contributed by atoms with van der Waals surface area (Å²) in [4.78, 5) is 0. The summed E-state index contributed by atoms with van der Waals surface area (Å²) in [6.07, 6.45) is 2.43. The van der Waals surface area contributed by atoms with Crippen LogP contribution in [0.1, 0.15) is 18.4 Å². The molecule has 2 aromatic carbocycles. The molecule has 1 fully saturated rings. The molecule has 0 aromatic heterocycles. The molecule has 2 aromatic rings. The third-order valence-corrected chi connectivity index (χ3v) is 4.08. The van der Waals surface area contributed by atoms with E-state index in [-0.39, 0.29) is 5.82 Å². The summed E-state index contributed by atoms with van der Waals surface area (Å²) < 4.78 is 14.8. The Morgan fingerprint density at radius 3 is 2.68 bits per heavy atom. The third kappa shape index (κ3) is 3.04. The largest absolute Gasteiger partial charge is 0.310 e. The van der Waals surface area contributed by atoms with Gasteiger partial charge in [-0.3, -0.25) is 0 Å². The molecule has 0 atom stereocenters. The Morgan fingerprint density at radius 2 is 1.95 bits per heavy atom. The van der Waals surface area contributed by atoms with Gasteiger partial charge in [0.1, 0.15) is 5.82 Å². The summed E-state index contributed by atoms with van der Waals surface area (Å²) in [6, 6.07) is 13.9. The minimum Gasteiger partial charge on any atom is -0.310 e. The minimum atomic E-state index is -0.135. The second kappa shape index (κ2) is 5.43. The van der Waals surface area contributed by atoms with Crippen molar-refractivity contribution in [3.63, 3.8) is 0 Å². The predicted octanol–water partition coefficient (Wildman–Crippen LogP) is 4.51. The highest BCUT2D eigenvalue weighted by Crippen LogP contribution is 2.29. The molecule has 1 saturated carbocycles. The molecule has 1 nitrogen and oxygen atoms in total. The Balaban J connectivity index is 1.89. The van der Waals surface area contributed by atoms with E-state index in [4.69, 9.17) is 0 Å². The Bertz CT molecular complexity index is 593. The third-order valence-electron chi connectivity index (χ3n) is 3.39. The molecular formula is C16H15BrFN. The van der Waals surface area contributed by atoms with Crippen LogP contribution in [0.25, 0.3) is 11.1 Å². The second-order valence-corrected chi connectivity index (χ2v) is 5.80. The lowest BCUT2D eigenvalue weighted by molar-refractivity contribution is 0.587. The quantitative estimate of drug-likeness (QED) is 0.874. The summed E-state index contributed by atoms with van der Waals surface area (Å²) >= 11 is 3.54. The van der Waals surface area contributed by atoms with Crippen molar-refractivity contribution < 1.29 is 4.39 Å². The van der Waals surface area contributed by atoms with Gasteiger partial charge < -0.3 is 5.32 Å². The maximum absolute atomic E-state index is 13.8. The van der Waals surface area contributed by atoms with Crippen molar-refractivity contribution in [3.05, 3.63) is 58.3 Å². The number of halogens is 2. The van der Waals surface area contributed by atoms with E-state index >= 15 is 0 Å². The zero-order valence-corrected chi connectivity index (χ0v) is 12.1. The van der Waals surface area contributed by atoms with Crippen LogP contribution in [-0.2, 0) is 6.54 Å². The molecule has 0 aliphatic heterocycles. The number of nitrogens with one attached hydrogen (secondary N) is 1. The lowest BCUT2D eigenvalue weighted by atomic mass is 10.0. The van der Waals surface area contributed by atoms with E-state index in [1.54, 1.807) is 6.07 Å². The van der Waals surface area contributed by atoms with Gasteiger partial charge >= 0.3 is 0 Å². The van der Waals surface area contributed by atoms with Gasteiger partial charge in [-0.1, -0.05) is 40.2 Å². The topological polar surface area (TPSA) is 12.0 Å². The second-order valence-electron chi connectivity index (χ2n) is 4.94. The Hall–Kier alpha value is -1.19. The van der Waals surface area contributed by atoms with Crippen LogP contribution in [0.3, 0.4) is 0 Å². The lowest BCUT2D eigenvalue weighted by Crippen LogP contribution is -2.16. The molecule has 0 saturated heterocycles. The molecular weight excluding hydrogens is 305 g/mol. The van der Waals surface area contributed by atoms with Gasteiger partial charge in [-0.05, 0) is 42.2 Å². The SMILES string of the molecule is Fc1ccc(-c2ccccc2Br)cc1CNC1CC1. The molecule has 0 bridgehead atoms. The average Bonchev–Trinajstić information content (AvgIpc) is 3.23. The van der Waals surface area contributed by atoms with Crippen molar-refractivity contribution in [2.45, 2.75) is 25.4 Å². The van der Waals surface area contributed by atoms with Crippen molar-refractivity contribution >= 4 is 15.9 Å². The Morgan fingerprint density at radius 1 is 1.16 bits per heavy atom. The smallest absolute Gasteiger partial charge is 0.127 e. The molecule has 3 heteroatoms. The van der Waals surface area contributed by atoms with E-state index < -0.39 is 0 Å². The molecule has 0 heterocycles. The fraction of sp³-hybridized carbons (Fsp3) is 0.250. The van der Waals surface area contributed by atoms with E-state index in [0.717, 1.165) is 21.2 Å². The standard InChI is InChI=1S/C16H15BrFN/c17-15-4-2-1-3-14(15)11-5-8-16(18)12(9-11)10-19-13-6-7-13/h1-5,8-9,13,19H,6-7,10H2. The van der Waals surface area contributed by atoms with Gasteiger partial charge in [-0.25, -0.2) is 4.39 Å². The molecule has 1 N–H and O–H groups in total. The van der Waals surface area contributed by atoms with E-state index in [9.17, 15) is 4.39 Å². The predicted molar refractivity (Wildman–Crippen MR) is 79.4 cm³/mol.